The maximum atomic E-state index is 6.12. The Morgan fingerprint density at radius 1 is 1.40 bits per heavy atom. The van der Waals surface area contributed by atoms with Gasteiger partial charge in [-0.2, -0.15) is 0 Å². The van der Waals surface area contributed by atoms with Gasteiger partial charge in [0.1, 0.15) is 0 Å². The van der Waals surface area contributed by atoms with E-state index in [4.69, 9.17) is 23.2 Å². The second-order valence-corrected chi connectivity index (χ2v) is 4.38. The van der Waals surface area contributed by atoms with E-state index in [1.807, 2.05) is 13.0 Å². The first-order chi connectivity index (χ1) is 7.11. The highest BCUT2D eigenvalue weighted by Gasteiger charge is 2.22. The molecule has 0 saturated carbocycles. The van der Waals surface area contributed by atoms with Crippen LogP contribution in [0.5, 0.6) is 0 Å². The highest BCUT2D eigenvalue weighted by molar-refractivity contribution is 6.44. The van der Waals surface area contributed by atoms with E-state index in [1.54, 1.807) is 0 Å². The van der Waals surface area contributed by atoms with Gasteiger partial charge in [0.15, 0.2) is 0 Å². The SMILES string of the molecule is CC/C=C\N1C(C)=C(Cl)C(Cl)=CC1CC. The minimum Gasteiger partial charge on any atom is -0.344 e. The monoisotopic (exact) mass is 245 g/mol. The molecule has 1 heterocycles. The van der Waals surface area contributed by atoms with Crippen LogP contribution in [0, 0.1) is 0 Å². The Labute approximate surface area is 102 Å². The van der Waals surface area contributed by atoms with Gasteiger partial charge < -0.3 is 4.90 Å². The third-order valence-electron chi connectivity index (χ3n) is 2.53. The molecule has 1 aliphatic rings. The van der Waals surface area contributed by atoms with Crippen LogP contribution in [0.2, 0.25) is 0 Å². The molecule has 0 aromatic heterocycles. The van der Waals surface area contributed by atoms with E-state index in [1.165, 1.54) is 0 Å². The average molecular weight is 246 g/mol. The van der Waals surface area contributed by atoms with Gasteiger partial charge in [-0.15, -0.1) is 0 Å². The van der Waals surface area contributed by atoms with Crippen molar-refractivity contribution in [2.24, 2.45) is 0 Å². The number of hydrogen-bond donors (Lipinski definition) is 0. The van der Waals surface area contributed by atoms with Crippen molar-refractivity contribution >= 4 is 23.2 Å². The molecule has 1 nitrogen and oxygen atoms in total. The quantitative estimate of drug-likeness (QED) is 0.703. The molecule has 1 unspecified atom stereocenters. The lowest BCUT2D eigenvalue weighted by molar-refractivity contribution is 0.376. The van der Waals surface area contributed by atoms with Gasteiger partial charge in [0.05, 0.1) is 16.1 Å². The Morgan fingerprint density at radius 2 is 2.07 bits per heavy atom. The molecule has 0 bridgehead atoms. The zero-order chi connectivity index (χ0) is 11.4. The van der Waals surface area contributed by atoms with E-state index in [0.29, 0.717) is 16.1 Å². The van der Waals surface area contributed by atoms with E-state index < -0.39 is 0 Å². The molecule has 1 aliphatic heterocycles. The number of hydrogen-bond acceptors (Lipinski definition) is 1. The molecule has 0 aliphatic carbocycles. The normalized spacial score (nSPS) is 22.6. The molecule has 1 atom stereocenters. The van der Waals surface area contributed by atoms with Gasteiger partial charge in [0.2, 0.25) is 0 Å². The molecular weight excluding hydrogens is 229 g/mol. The molecule has 0 N–H and O–H groups in total. The number of halogens is 2. The van der Waals surface area contributed by atoms with Gasteiger partial charge in [-0.05, 0) is 25.8 Å². The minimum absolute atomic E-state index is 0.322. The standard InChI is InChI=1S/C12H17Cl2N/c1-4-6-7-15-9(3)12(14)11(13)8-10(15)5-2/h6-8,10H,4-5H2,1-3H3/b7-6-. The van der Waals surface area contributed by atoms with Gasteiger partial charge in [0.25, 0.3) is 0 Å². The van der Waals surface area contributed by atoms with Crippen LogP contribution in [0.25, 0.3) is 0 Å². The molecule has 0 amide bonds. The smallest absolute Gasteiger partial charge is 0.0781 e. The summed E-state index contributed by atoms with van der Waals surface area (Å²) in [5.41, 5.74) is 1.03. The average Bonchev–Trinajstić information content (AvgIpc) is 2.24. The maximum absolute atomic E-state index is 6.12. The van der Waals surface area contributed by atoms with Gasteiger partial charge >= 0.3 is 0 Å². The van der Waals surface area contributed by atoms with Crippen LogP contribution in [0.1, 0.15) is 33.6 Å². The van der Waals surface area contributed by atoms with Crippen molar-refractivity contribution in [3.63, 3.8) is 0 Å². The molecule has 0 fully saturated rings. The maximum Gasteiger partial charge on any atom is 0.0781 e. The van der Waals surface area contributed by atoms with Gasteiger partial charge in [-0.25, -0.2) is 0 Å². The van der Waals surface area contributed by atoms with E-state index in [-0.39, 0.29) is 0 Å². The number of nitrogens with zero attached hydrogens (tertiary/aromatic N) is 1. The summed E-state index contributed by atoms with van der Waals surface area (Å²) < 4.78 is 0. The van der Waals surface area contributed by atoms with Gasteiger partial charge in [-0.3, -0.25) is 0 Å². The predicted molar refractivity (Wildman–Crippen MR) is 67.8 cm³/mol. The zero-order valence-electron chi connectivity index (χ0n) is 9.43. The summed E-state index contributed by atoms with van der Waals surface area (Å²) in [5, 5.41) is 1.32. The molecule has 0 spiro atoms. The second kappa shape index (κ2) is 5.62. The molecule has 15 heavy (non-hydrogen) atoms. The summed E-state index contributed by atoms with van der Waals surface area (Å²) in [4.78, 5) is 2.18. The molecule has 0 aromatic carbocycles. The van der Waals surface area contributed by atoms with Crippen LogP contribution in [-0.4, -0.2) is 10.9 Å². The third kappa shape index (κ3) is 2.79. The summed E-state index contributed by atoms with van der Waals surface area (Å²) in [7, 11) is 0. The number of rotatable bonds is 3. The third-order valence-corrected chi connectivity index (χ3v) is 3.42. The van der Waals surface area contributed by atoms with Crippen molar-refractivity contribution in [2.75, 3.05) is 0 Å². The molecular formula is C12H17Cl2N. The Balaban J connectivity index is 2.98. The largest absolute Gasteiger partial charge is 0.344 e. The first kappa shape index (κ1) is 12.7. The van der Waals surface area contributed by atoms with Gasteiger partial charge in [0, 0.05) is 11.9 Å². The molecule has 1 rings (SSSR count). The van der Waals surface area contributed by atoms with Crippen LogP contribution in [0.15, 0.2) is 34.1 Å². The predicted octanol–water partition coefficient (Wildman–Crippen LogP) is 4.60. The lowest BCUT2D eigenvalue weighted by Crippen LogP contribution is -2.30. The molecule has 3 heteroatoms. The van der Waals surface area contributed by atoms with Crippen LogP contribution in [-0.2, 0) is 0 Å². The summed E-state index contributed by atoms with van der Waals surface area (Å²) >= 11 is 12.2. The molecule has 84 valence electrons. The molecule has 0 saturated heterocycles. The van der Waals surface area contributed by atoms with Gasteiger partial charge in [-0.1, -0.05) is 43.1 Å². The van der Waals surface area contributed by atoms with E-state index >= 15 is 0 Å². The summed E-state index contributed by atoms with van der Waals surface area (Å²) in [6.45, 7) is 6.26. The topological polar surface area (TPSA) is 3.24 Å². The van der Waals surface area contributed by atoms with Crippen molar-refractivity contribution in [1.82, 2.24) is 4.90 Å². The first-order valence-corrected chi connectivity index (χ1v) is 6.06. The Hall–Kier alpha value is -0.400. The van der Waals surface area contributed by atoms with Crippen molar-refractivity contribution in [1.29, 1.82) is 0 Å². The lowest BCUT2D eigenvalue weighted by atomic mass is 10.1. The zero-order valence-corrected chi connectivity index (χ0v) is 10.9. The summed E-state index contributed by atoms with van der Waals surface area (Å²) in [6.07, 6.45) is 8.27. The van der Waals surface area contributed by atoms with Crippen LogP contribution < -0.4 is 0 Å². The van der Waals surface area contributed by atoms with Crippen LogP contribution >= 0.6 is 23.2 Å². The highest BCUT2D eigenvalue weighted by atomic mass is 35.5. The van der Waals surface area contributed by atoms with Crippen molar-refractivity contribution in [3.05, 3.63) is 34.1 Å². The Bertz CT molecular complexity index is 316. The Kier molecular flexibility index (Phi) is 4.75. The summed E-state index contributed by atoms with van der Waals surface area (Å²) in [6, 6.07) is 0.322. The highest BCUT2D eigenvalue weighted by Crippen LogP contribution is 2.32. The van der Waals surface area contributed by atoms with E-state index in [0.717, 1.165) is 18.5 Å². The lowest BCUT2D eigenvalue weighted by Gasteiger charge is -2.32. The van der Waals surface area contributed by atoms with Crippen LogP contribution in [0.3, 0.4) is 0 Å². The second-order valence-electron chi connectivity index (χ2n) is 3.59. The Morgan fingerprint density at radius 3 is 2.60 bits per heavy atom. The minimum atomic E-state index is 0.322. The van der Waals surface area contributed by atoms with Crippen molar-refractivity contribution in [3.8, 4) is 0 Å². The fourth-order valence-electron chi connectivity index (χ4n) is 1.61. The summed E-state index contributed by atoms with van der Waals surface area (Å²) in [5.74, 6) is 0. The van der Waals surface area contributed by atoms with E-state index in [9.17, 15) is 0 Å². The van der Waals surface area contributed by atoms with E-state index in [2.05, 4.69) is 31.0 Å². The number of allylic oxidation sites excluding steroid dienone is 4. The van der Waals surface area contributed by atoms with Crippen molar-refractivity contribution in [2.45, 2.75) is 39.7 Å². The molecule has 0 aromatic rings. The first-order valence-electron chi connectivity index (χ1n) is 5.30. The fourth-order valence-corrected chi connectivity index (χ4v) is 2.06. The fraction of sp³-hybridized carbons (Fsp3) is 0.500. The molecule has 0 radical (unpaired) electrons. The van der Waals surface area contributed by atoms with Crippen molar-refractivity contribution < 1.29 is 0 Å². The van der Waals surface area contributed by atoms with Crippen LogP contribution in [0.4, 0.5) is 0 Å².